The summed E-state index contributed by atoms with van der Waals surface area (Å²) in [6.07, 6.45) is 7.46. The number of aliphatic hydroxyl groups is 1. The number of hydrogen-bond donors (Lipinski definition) is 3. The lowest BCUT2D eigenvalue weighted by atomic mass is 9.78. The van der Waals surface area contributed by atoms with Crippen molar-refractivity contribution < 1.29 is 14.7 Å². The first-order valence-corrected chi connectivity index (χ1v) is 12.9. The van der Waals surface area contributed by atoms with E-state index in [0.29, 0.717) is 37.9 Å². The molecule has 1 aromatic rings. The van der Waals surface area contributed by atoms with E-state index in [1.165, 1.54) is 6.08 Å². The first-order chi connectivity index (χ1) is 16.8. The number of hydrogen-bond acceptors (Lipinski definition) is 7. The van der Waals surface area contributed by atoms with E-state index in [2.05, 4.69) is 36.0 Å². The molecule has 2 saturated heterocycles. The molecule has 2 atom stereocenters. The van der Waals surface area contributed by atoms with Crippen molar-refractivity contribution in [3.63, 3.8) is 0 Å². The lowest BCUT2D eigenvalue weighted by Crippen LogP contribution is -2.59. The van der Waals surface area contributed by atoms with Gasteiger partial charge in [-0.1, -0.05) is 20.4 Å². The van der Waals surface area contributed by atoms with Crippen molar-refractivity contribution in [1.82, 2.24) is 20.2 Å². The molecule has 192 valence electrons. The van der Waals surface area contributed by atoms with E-state index in [9.17, 15) is 14.7 Å². The third-order valence-corrected chi connectivity index (χ3v) is 7.60. The minimum absolute atomic E-state index is 0.0109. The zero-order valence-corrected chi connectivity index (χ0v) is 21.3. The van der Waals surface area contributed by atoms with Crippen molar-refractivity contribution in [3.05, 3.63) is 23.9 Å². The summed E-state index contributed by atoms with van der Waals surface area (Å²) in [5.41, 5.74) is 2.19. The molecule has 2 aliphatic heterocycles. The van der Waals surface area contributed by atoms with Crippen LogP contribution in [0.1, 0.15) is 57.2 Å². The molecule has 1 aliphatic carbocycles. The second-order valence-corrected chi connectivity index (χ2v) is 10.9. The normalized spacial score (nSPS) is 21.5. The van der Waals surface area contributed by atoms with Gasteiger partial charge in [-0.25, -0.2) is 4.98 Å². The largest absolute Gasteiger partial charge is 0.394 e. The Bertz CT molecular complexity index is 959. The number of likely N-dealkylation sites (tertiary alicyclic amines) is 1. The van der Waals surface area contributed by atoms with Gasteiger partial charge in [0.25, 0.3) is 0 Å². The van der Waals surface area contributed by atoms with Crippen LogP contribution in [-0.2, 0) is 22.4 Å². The van der Waals surface area contributed by atoms with Crippen molar-refractivity contribution in [1.29, 1.82) is 0 Å². The molecule has 1 unspecified atom stereocenters. The number of anilines is 2. The summed E-state index contributed by atoms with van der Waals surface area (Å²) in [4.78, 5) is 38.1. The average molecular weight is 485 g/mol. The van der Waals surface area contributed by atoms with Crippen LogP contribution in [0.4, 0.5) is 11.8 Å². The molecular weight excluding hydrogens is 444 g/mol. The summed E-state index contributed by atoms with van der Waals surface area (Å²) in [7, 11) is 1.67. The molecule has 3 N–H and O–H groups in total. The Morgan fingerprint density at radius 2 is 1.97 bits per heavy atom. The monoisotopic (exact) mass is 484 g/mol. The lowest BCUT2D eigenvalue weighted by Gasteiger charge is -2.47. The van der Waals surface area contributed by atoms with Gasteiger partial charge in [-0.05, 0) is 50.5 Å². The maximum atomic E-state index is 12.2. The third kappa shape index (κ3) is 5.44. The number of nitrogens with zero attached hydrogens (tertiary/aromatic N) is 4. The van der Waals surface area contributed by atoms with E-state index in [1.807, 2.05) is 0 Å². The molecule has 1 spiro atoms. The van der Waals surface area contributed by atoms with Crippen LogP contribution in [0.2, 0.25) is 0 Å². The Balaban J connectivity index is 1.61. The zero-order valence-electron chi connectivity index (χ0n) is 21.3. The van der Waals surface area contributed by atoms with E-state index in [1.54, 1.807) is 11.9 Å². The van der Waals surface area contributed by atoms with Crippen LogP contribution in [0.3, 0.4) is 0 Å². The number of rotatable bonds is 9. The minimum Gasteiger partial charge on any atom is -0.394 e. The summed E-state index contributed by atoms with van der Waals surface area (Å²) in [5, 5.41) is 16.6. The fourth-order valence-electron chi connectivity index (χ4n) is 5.95. The van der Waals surface area contributed by atoms with Gasteiger partial charge in [0, 0.05) is 50.1 Å². The molecule has 2 amide bonds. The van der Waals surface area contributed by atoms with E-state index in [4.69, 9.17) is 9.97 Å². The van der Waals surface area contributed by atoms with Crippen LogP contribution in [0, 0.1) is 11.3 Å². The molecule has 1 aromatic heterocycles. The molecule has 2 fully saturated rings. The SMILES string of the molecule is C=CC(=O)N1CC2(C[C@H](CO)N(c3nc4c(c(NC(CC(=O)NC)CC(C)C)n3)CCCC4)C2)C1. The second kappa shape index (κ2) is 10.5. The van der Waals surface area contributed by atoms with Gasteiger partial charge in [0.2, 0.25) is 17.8 Å². The average Bonchev–Trinajstić information content (AvgIpc) is 3.22. The zero-order chi connectivity index (χ0) is 25.2. The third-order valence-electron chi connectivity index (χ3n) is 7.60. The van der Waals surface area contributed by atoms with Gasteiger partial charge in [0.05, 0.1) is 18.3 Å². The van der Waals surface area contributed by atoms with E-state index in [0.717, 1.165) is 55.6 Å². The molecule has 0 bridgehead atoms. The van der Waals surface area contributed by atoms with Crippen molar-refractivity contribution in [3.8, 4) is 0 Å². The van der Waals surface area contributed by atoms with E-state index in [-0.39, 0.29) is 35.9 Å². The molecule has 4 rings (SSSR count). The molecule has 9 nitrogen and oxygen atoms in total. The van der Waals surface area contributed by atoms with Gasteiger partial charge < -0.3 is 25.5 Å². The van der Waals surface area contributed by atoms with Gasteiger partial charge in [-0.2, -0.15) is 4.98 Å². The maximum absolute atomic E-state index is 12.2. The minimum atomic E-state index is -0.0807. The summed E-state index contributed by atoms with van der Waals surface area (Å²) in [6, 6.07) is -0.102. The van der Waals surface area contributed by atoms with Crippen molar-refractivity contribution >= 4 is 23.6 Å². The second-order valence-electron chi connectivity index (χ2n) is 10.9. The Morgan fingerprint density at radius 3 is 2.63 bits per heavy atom. The molecule has 0 radical (unpaired) electrons. The van der Waals surface area contributed by atoms with Crippen LogP contribution in [0.5, 0.6) is 0 Å². The van der Waals surface area contributed by atoms with Crippen LogP contribution in [0.15, 0.2) is 12.7 Å². The van der Waals surface area contributed by atoms with Crippen LogP contribution >= 0.6 is 0 Å². The van der Waals surface area contributed by atoms with Crippen LogP contribution in [-0.4, -0.2) is 77.2 Å². The quantitative estimate of drug-likeness (QED) is 0.459. The van der Waals surface area contributed by atoms with Crippen molar-refractivity contribution in [2.24, 2.45) is 11.3 Å². The Hall–Kier alpha value is -2.68. The van der Waals surface area contributed by atoms with E-state index >= 15 is 0 Å². The number of carbonyl (C=O) groups excluding carboxylic acids is 2. The molecule has 0 saturated carbocycles. The number of aromatic nitrogens is 2. The van der Waals surface area contributed by atoms with Gasteiger partial charge in [-0.3, -0.25) is 9.59 Å². The molecule has 9 heteroatoms. The van der Waals surface area contributed by atoms with Crippen LogP contribution in [0.25, 0.3) is 0 Å². The molecule has 3 aliphatic rings. The summed E-state index contributed by atoms with van der Waals surface area (Å²) in [5.74, 6) is 1.87. The maximum Gasteiger partial charge on any atom is 0.245 e. The number of carbonyl (C=O) groups is 2. The predicted octanol–water partition coefficient (Wildman–Crippen LogP) is 1.90. The Labute approximate surface area is 208 Å². The highest BCUT2D eigenvalue weighted by Gasteiger charge is 2.53. The Kier molecular flexibility index (Phi) is 7.64. The molecule has 35 heavy (non-hydrogen) atoms. The van der Waals surface area contributed by atoms with Crippen molar-refractivity contribution in [2.75, 3.05) is 43.5 Å². The molecule has 3 heterocycles. The number of amides is 2. The lowest BCUT2D eigenvalue weighted by molar-refractivity contribution is -0.136. The fraction of sp³-hybridized carbons (Fsp3) is 0.692. The number of aryl methyl sites for hydroxylation is 1. The predicted molar refractivity (Wildman–Crippen MR) is 136 cm³/mol. The molecular formula is C26H40N6O3. The summed E-state index contributed by atoms with van der Waals surface area (Å²) in [6.45, 7) is 9.99. The first-order valence-electron chi connectivity index (χ1n) is 12.9. The number of aliphatic hydroxyl groups excluding tert-OH is 1. The topological polar surface area (TPSA) is 111 Å². The standard InChI is InChI=1S/C26H40N6O3/c1-5-23(35)31-14-26(15-31)12-19(13-33)32(16-26)25-29-21-9-7-6-8-20(21)24(30-25)28-18(10-17(2)3)11-22(34)27-4/h5,17-19,33H,1,6-16H2,2-4H3,(H,27,34)(H,28,29,30)/t18?,19-/m1/s1. The highest BCUT2D eigenvalue weighted by Crippen LogP contribution is 2.44. The van der Waals surface area contributed by atoms with Gasteiger partial charge in [-0.15, -0.1) is 0 Å². The van der Waals surface area contributed by atoms with Crippen LogP contribution < -0.4 is 15.5 Å². The van der Waals surface area contributed by atoms with Gasteiger partial charge in [0.1, 0.15) is 5.82 Å². The summed E-state index contributed by atoms with van der Waals surface area (Å²) < 4.78 is 0. The van der Waals surface area contributed by atoms with Gasteiger partial charge in [0.15, 0.2) is 0 Å². The molecule has 0 aromatic carbocycles. The first kappa shape index (κ1) is 25.4. The fourth-order valence-corrected chi connectivity index (χ4v) is 5.95. The highest BCUT2D eigenvalue weighted by atomic mass is 16.3. The number of fused-ring (bicyclic) bond motifs is 1. The van der Waals surface area contributed by atoms with Crippen molar-refractivity contribution in [2.45, 2.75) is 70.9 Å². The number of nitrogens with one attached hydrogen (secondary N) is 2. The summed E-state index contributed by atoms with van der Waals surface area (Å²) >= 11 is 0. The van der Waals surface area contributed by atoms with E-state index < -0.39 is 0 Å². The Morgan fingerprint density at radius 1 is 1.23 bits per heavy atom. The highest BCUT2D eigenvalue weighted by molar-refractivity contribution is 5.87. The van der Waals surface area contributed by atoms with Gasteiger partial charge >= 0.3 is 0 Å². The smallest absolute Gasteiger partial charge is 0.245 e.